The third-order valence-electron chi connectivity index (χ3n) is 3.42. The predicted octanol–water partition coefficient (Wildman–Crippen LogP) is 3.05. The van der Waals surface area contributed by atoms with Gasteiger partial charge in [0.1, 0.15) is 17.3 Å². The maximum atomic E-state index is 13.0. The van der Waals surface area contributed by atoms with Crippen molar-refractivity contribution in [2.75, 3.05) is 11.1 Å². The molecule has 0 aliphatic heterocycles. The smallest absolute Gasteiger partial charge is 0.234 e. The minimum absolute atomic E-state index is 0.0416. The van der Waals surface area contributed by atoms with E-state index in [-0.39, 0.29) is 23.0 Å². The topological polar surface area (TPSA) is 115 Å². The van der Waals surface area contributed by atoms with Gasteiger partial charge in [0, 0.05) is 17.3 Å². The molecule has 3 rings (SSSR count). The first kappa shape index (κ1) is 17.4. The van der Waals surface area contributed by atoms with Crippen LogP contribution in [0.1, 0.15) is 11.3 Å². The molecule has 0 spiro atoms. The number of phenolic OH excluding ortho intramolecular Hbond substituents is 1. The number of carbonyl (C=O) groups is 1. The predicted molar refractivity (Wildman–Crippen MR) is 96.1 cm³/mol. The van der Waals surface area contributed by atoms with Crippen LogP contribution in [0.4, 0.5) is 10.1 Å². The Balaban J connectivity index is 1.71. The number of thioether (sulfide) groups is 1. The molecule has 7 nitrogen and oxygen atoms in total. The van der Waals surface area contributed by atoms with Gasteiger partial charge in [0.2, 0.25) is 5.91 Å². The molecule has 0 radical (unpaired) electrons. The number of H-pyrrole nitrogens is 1. The number of pyridine rings is 1. The lowest BCUT2D eigenvalue weighted by Crippen LogP contribution is -2.14. The molecule has 1 amide bonds. The van der Waals surface area contributed by atoms with Gasteiger partial charge >= 0.3 is 0 Å². The molecule has 0 saturated carbocycles. The molecule has 0 fully saturated rings. The standard InChI is InChI=1S/C17H12FN5O2S/c1-2-10-12(6-19)20-7-13-16(10)23-17(22-13)26-8-15(25)21-9-3-4-11(18)14(24)5-9/h2-5,7,24H,1,8H2,(H,21,25)(H,22,23). The van der Waals surface area contributed by atoms with Gasteiger partial charge in [0.25, 0.3) is 0 Å². The van der Waals surface area contributed by atoms with Crippen LogP contribution in [0.15, 0.2) is 36.1 Å². The second-order valence-electron chi connectivity index (χ2n) is 5.14. The number of phenols is 1. The molecule has 0 bridgehead atoms. The number of aromatic hydroxyl groups is 1. The zero-order valence-electron chi connectivity index (χ0n) is 13.3. The third-order valence-corrected chi connectivity index (χ3v) is 4.30. The van der Waals surface area contributed by atoms with Gasteiger partial charge in [0.15, 0.2) is 16.7 Å². The Bertz CT molecular complexity index is 1060. The molecule has 0 unspecified atom stereocenters. The van der Waals surface area contributed by atoms with Crippen molar-refractivity contribution in [3.63, 3.8) is 0 Å². The summed E-state index contributed by atoms with van der Waals surface area (Å²) in [6.45, 7) is 3.67. The minimum Gasteiger partial charge on any atom is -0.505 e. The highest BCUT2D eigenvalue weighted by Gasteiger charge is 2.13. The molecule has 9 heteroatoms. The Morgan fingerprint density at radius 3 is 3.04 bits per heavy atom. The van der Waals surface area contributed by atoms with Crippen LogP contribution in [-0.4, -0.2) is 31.7 Å². The summed E-state index contributed by atoms with van der Waals surface area (Å²) >= 11 is 1.15. The molecular formula is C17H12FN5O2S. The molecule has 0 aliphatic carbocycles. The second kappa shape index (κ2) is 7.25. The summed E-state index contributed by atoms with van der Waals surface area (Å²) in [4.78, 5) is 23.4. The molecule has 3 aromatic rings. The van der Waals surface area contributed by atoms with Crippen LogP contribution < -0.4 is 5.32 Å². The van der Waals surface area contributed by atoms with Crippen molar-refractivity contribution in [3.8, 4) is 11.8 Å². The SMILES string of the molecule is C=Cc1c(C#N)ncc2[nH]c(SCC(=O)Nc3ccc(F)c(O)c3)nc12. The Morgan fingerprint density at radius 1 is 1.54 bits per heavy atom. The molecule has 0 saturated heterocycles. The van der Waals surface area contributed by atoms with Crippen molar-refractivity contribution in [1.29, 1.82) is 5.26 Å². The Morgan fingerprint density at radius 2 is 2.35 bits per heavy atom. The van der Waals surface area contributed by atoms with Crippen molar-refractivity contribution < 1.29 is 14.3 Å². The minimum atomic E-state index is -0.761. The van der Waals surface area contributed by atoms with Gasteiger partial charge in [-0.05, 0) is 12.1 Å². The monoisotopic (exact) mass is 369 g/mol. The number of aromatic amines is 1. The van der Waals surface area contributed by atoms with Gasteiger partial charge in [-0.2, -0.15) is 5.26 Å². The summed E-state index contributed by atoms with van der Waals surface area (Å²) in [5, 5.41) is 21.4. The summed E-state index contributed by atoms with van der Waals surface area (Å²) in [7, 11) is 0. The van der Waals surface area contributed by atoms with Gasteiger partial charge in [-0.1, -0.05) is 24.4 Å². The van der Waals surface area contributed by atoms with Gasteiger partial charge in [0.05, 0.1) is 17.5 Å². The first-order valence-corrected chi connectivity index (χ1v) is 8.32. The molecular weight excluding hydrogens is 357 g/mol. The number of halogens is 1. The highest BCUT2D eigenvalue weighted by atomic mass is 32.2. The summed E-state index contributed by atoms with van der Waals surface area (Å²) in [6, 6.07) is 5.52. The van der Waals surface area contributed by atoms with Crippen LogP contribution in [0.25, 0.3) is 17.1 Å². The molecule has 0 atom stereocenters. The Hall–Kier alpha value is -3.38. The van der Waals surface area contributed by atoms with Crippen LogP contribution in [0.5, 0.6) is 5.75 Å². The number of fused-ring (bicyclic) bond motifs is 1. The fraction of sp³-hybridized carbons (Fsp3) is 0.0588. The van der Waals surface area contributed by atoms with E-state index in [0.29, 0.717) is 21.8 Å². The van der Waals surface area contributed by atoms with E-state index in [1.807, 2.05) is 6.07 Å². The highest BCUT2D eigenvalue weighted by Crippen LogP contribution is 2.24. The Kier molecular flexibility index (Phi) is 4.86. The number of carbonyl (C=O) groups excluding carboxylic acids is 1. The number of nitrogens with one attached hydrogen (secondary N) is 2. The highest BCUT2D eigenvalue weighted by molar-refractivity contribution is 7.99. The summed E-state index contributed by atoms with van der Waals surface area (Å²) in [5.41, 5.74) is 2.22. The van der Waals surface area contributed by atoms with Crippen molar-refractivity contribution in [3.05, 3.63) is 48.0 Å². The molecule has 3 N–H and O–H groups in total. The lowest BCUT2D eigenvalue weighted by molar-refractivity contribution is -0.113. The quantitative estimate of drug-likeness (QED) is 0.596. The zero-order valence-corrected chi connectivity index (χ0v) is 14.1. The number of amides is 1. The lowest BCUT2D eigenvalue weighted by atomic mass is 10.2. The molecule has 1 aromatic carbocycles. The summed E-state index contributed by atoms with van der Waals surface area (Å²) in [5.74, 6) is -1.60. The van der Waals surface area contributed by atoms with Crippen LogP contribution in [0.2, 0.25) is 0 Å². The van der Waals surface area contributed by atoms with Crippen LogP contribution in [0.3, 0.4) is 0 Å². The summed E-state index contributed by atoms with van der Waals surface area (Å²) in [6.07, 6.45) is 3.01. The van der Waals surface area contributed by atoms with Crippen LogP contribution in [-0.2, 0) is 4.79 Å². The molecule has 130 valence electrons. The van der Waals surface area contributed by atoms with E-state index < -0.39 is 11.6 Å². The molecule has 26 heavy (non-hydrogen) atoms. The maximum Gasteiger partial charge on any atom is 0.234 e. The maximum absolute atomic E-state index is 13.0. The second-order valence-corrected chi connectivity index (χ2v) is 6.11. The van der Waals surface area contributed by atoms with Gasteiger partial charge in [-0.25, -0.2) is 14.4 Å². The number of hydrogen-bond acceptors (Lipinski definition) is 6. The summed E-state index contributed by atoms with van der Waals surface area (Å²) < 4.78 is 13.0. The van der Waals surface area contributed by atoms with Crippen LogP contribution in [0, 0.1) is 17.1 Å². The van der Waals surface area contributed by atoms with E-state index in [2.05, 4.69) is 26.8 Å². The first-order valence-electron chi connectivity index (χ1n) is 7.34. The lowest BCUT2D eigenvalue weighted by Gasteiger charge is -2.05. The van der Waals surface area contributed by atoms with Crippen molar-refractivity contribution in [2.45, 2.75) is 5.16 Å². The van der Waals surface area contributed by atoms with Crippen LogP contribution >= 0.6 is 11.8 Å². The van der Waals surface area contributed by atoms with Gasteiger partial charge in [-0.3, -0.25) is 4.79 Å². The van der Waals surface area contributed by atoms with Gasteiger partial charge < -0.3 is 15.4 Å². The van der Waals surface area contributed by atoms with E-state index in [4.69, 9.17) is 5.26 Å². The third kappa shape index (κ3) is 3.50. The molecule has 2 heterocycles. The number of rotatable bonds is 5. The fourth-order valence-electron chi connectivity index (χ4n) is 2.25. The average Bonchev–Trinajstić information content (AvgIpc) is 3.05. The number of aromatic nitrogens is 3. The van der Waals surface area contributed by atoms with E-state index >= 15 is 0 Å². The number of imidazole rings is 1. The Labute approximate surface area is 151 Å². The van der Waals surface area contributed by atoms with Crippen molar-refractivity contribution in [2.24, 2.45) is 0 Å². The molecule has 0 aliphatic rings. The average molecular weight is 369 g/mol. The number of nitrogens with zero attached hydrogens (tertiary/aromatic N) is 3. The zero-order chi connectivity index (χ0) is 18.7. The molecule has 2 aromatic heterocycles. The largest absolute Gasteiger partial charge is 0.505 e. The van der Waals surface area contributed by atoms with E-state index in [1.54, 1.807) is 0 Å². The fourth-order valence-corrected chi connectivity index (χ4v) is 2.92. The van der Waals surface area contributed by atoms with Crippen molar-refractivity contribution in [1.82, 2.24) is 15.0 Å². The van der Waals surface area contributed by atoms with E-state index in [1.165, 1.54) is 18.3 Å². The van der Waals surface area contributed by atoms with Gasteiger partial charge in [-0.15, -0.1) is 0 Å². The van der Waals surface area contributed by atoms with Crippen molar-refractivity contribution >= 4 is 40.5 Å². The number of anilines is 1. The van der Waals surface area contributed by atoms with E-state index in [0.717, 1.165) is 23.9 Å². The normalized spacial score (nSPS) is 10.5. The number of benzene rings is 1. The number of hydrogen-bond donors (Lipinski definition) is 3. The first-order chi connectivity index (χ1) is 12.5. The van der Waals surface area contributed by atoms with E-state index in [9.17, 15) is 14.3 Å². The number of nitriles is 1.